The van der Waals surface area contributed by atoms with Crippen molar-refractivity contribution in [2.24, 2.45) is 0 Å². The van der Waals surface area contributed by atoms with Gasteiger partial charge in [-0.05, 0) is 42.7 Å². The number of nitrogens with zero attached hydrogens (tertiary/aromatic N) is 1. The van der Waals surface area contributed by atoms with Gasteiger partial charge in [0.15, 0.2) is 0 Å². The molecule has 4 heteroatoms. The van der Waals surface area contributed by atoms with Gasteiger partial charge in [-0.3, -0.25) is 9.78 Å². The Morgan fingerprint density at radius 3 is 2.70 bits per heavy atom. The number of hydrogen-bond acceptors (Lipinski definition) is 2. The molecule has 0 spiro atoms. The van der Waals surface area contributed by atoms with E-state index >= 15 is 0 Å². The molecule has 0 aliphatic heterocycles. The number of pyridine rings is 1. The van der Waals surface area contributed by atoms with Crippen LogP contribution in [-0.2, 0) is 11.2 Å². The zero-order valence-electron chi connectivity index (χ0n) is 11.3. The number of rotatable bonds is 5. The first-order valence-electron chi connectivity index (χ1n) is 6.59. The molecule has 1 N–H and O–H groups in total. The predicted molar refractivity (Wildman–Crippen MR) is 83.3 cm³/mol. The van der Waals surface area contributed by atoms with Crippen molar-refractivity contribution in [3.05, 3.63) is 64.4 Å². The fourth-order valence-electron chi connectivity index (χ4n) is 1.95. The SMILES string of the molecule is CC(NC(=O)CCc1cccnc1)c1ccc(Br)cc1. The number of carbonyl (C=O) groups excluding carboxylic acids is 1. The summed E-state index contributed by atoms with van der Waals surface area (Å²) >= 11 is 3.40. The van der Waals surface area contributed by atoms with Gasteiger partial charge in [-0.1, -0.05) is 34.1 Å². The molecule has 1 unspecified atom stereocenters. The first-order valence-corrected chi connectivity index (χ1v) is 7.38. The highest BCUT2D eigenvalue weighted by molar-refractivity contribution is 9.10. The highest BCUT2D eigenvalue weighted by Crippen LogP contribution is 2.16. The quantitative estimate of drug-likeness (QED) is 0.907. The van der Waals surface area contributed by atoms with Crippen molar-refractivity contribution < 1.29 is 4.79 Å². The topological polar surface area (TPSA) is 42.0 Å². The van der Waals surface area contributed by atoms with Gasteiger partial charge in [-0.25, -0.2) is 0 Å². The van der Waals surface area contributed by atoms with Crippen molar-refractivity contribution in [3.63, 3.8) is 0 Å². The zero-order chi connectivity index (χ0) is 14.4. The summed E-state index contributed by atoms with van der Waals surface area (Å²) in [7, 11) is 0. The van der Waals surface area contributed by atoms with Crippen LogP contribution in [0.15, 0.2) is 53.3 Å². The fourth-order valence-corrected chi connectivity index (χ4v) is 2.22. The van der Waals surface area contributed by atoms with Crippen LogP contribution in [0.1, 0.15) is 30.5 Å². The van der Waals surface area contributed by atoms with Gasteiger partial charge in [0.05, 0.1) is 6.04 Å². The molecular weight excluding hydrogens is 316 g/mol. The lowest BCUT2D eigenvalue weighted by Gasteiger charge is -2.14. The third kappa shape index (κ3) is 4.46. The Balaban J connectivity index is 1.83. The zero-order valence-corrected chi connectivity index (χ0v) is 12.9. The van der Waals surface area contributed by atoms with Crippen molar-refractivity contribution >= 4 is 21.8 Å². The first kappa shape index (κ1) is 14.7. The van der Waals surface area contributed by atoms with E-state index in [2.05, 4.69) is 26.2 Å². The summed E-state index contributed by atoms with van der Waals surface area (Å²) in [5, 5.41) is 3.01. The Morgan fingerprint density at radius 1 is 1.30 bits per heavy atom. The van der Waals surface area contributed by atoms with Gasteiger partial charge < -0.3 is 5.32 Å². The average Bonchev–Trinajstić information content (AvgIpc) is 2.47. The third-order valence-electron chi connectivity index (χ3n) is 3.11. The molecular formula is C16H17BrN2O. The number of aromatic nitrogens is 1. The predicted octanol–water partition coefficient (Wildman–Crippen LogP) is 3.65. The van der Waals surface area contributed by atoms with Crippen LogP contribution in [0.4, 0.5) is 0 Å². The van der Waals surface area contributed by atoms with E-state index in [1.54, 1.807) is 12.4 Å². The molecule has 1 amide bonds. The van der Waals surface area contributed by atoms with Crippen molar-refractivity contribution in [1.29, 1.82) is 0 Å². The summed E-state index contributed by atoms with van der Waals surface area (Å²) in [6.07, 6.45) is 4.73. The van der Waals surface area contributed by atoms with Gasteiger partial charge in [0.25, 0.3) is 0 Å². The van der Waals surface area contributed by atoms with E-state index < -0.39 is 0 Å². The number of aryl methyl sites for hydroxylation is 1. The Hall–Kier alpha value is -1.68. The second-order valence-electron chi connectivity index (χ2n) is 4.70. The van der Waals surface area contributed by atoms with E-state index in [9.17, 15) is 4.79 Å². The Bertz CT molecular complexity index is 554. The van der Waals surface area contributed by atoms with E-state index in [1.165, 1.54) is 0 Å². The molecule has 1 atom stereocenters. The molecule has 1 aromatic carbocycles. The number of carbonyl (C=O) groups is 1. The number of halogens is 1. The van der Waals surface area contributed by atoms with Gasteiger partial charge in [0.2, 0.25) is 5.91 Å². The maximum absolute atomic E-state index is 11.9. The van der Waals surface area contributed by atoms with Gasteiger partial charge >= 0.3 is 0 Å². The van der Waals surface area contributed by atoms with Crippen molar-refractivity contribution in [1.82, 2.24) is 10.3 Å². The molecule has 0 bridgehead atoms. The molecule has 0 aliphatic rings. The number of hydrogen-bond donors (Lipinski definition) is 1. The minimum absolute atomic E-state index is 0.0181. The van der Waals surface area contributed by atoms with E-state index in [1.807, 2.05) is 43.3 Å². The van der Waals surface area contributed by atoms with Gasteiger partial charge in [0, 0.05) is 23.3 Å². The van der Waals surface area contributed by atoms with Crippen LogP contribution in [0.3, 0.4) is 0 Å². The second kappa shape index (κ2) is 7.20. The highest BCUT2D eigenvalue weighted by Gasteiger charge is 2.09. The minimum atomic E-state index is 0.0181. The number of nitrogens with one attached hydrogen (secondary N) is 1. The number of benzene rings is 1. The van der Waals surface area contributed by atoms with Crippen molar-refractivity contribution in [2.75, 3.05) is 0 Å². The Labute approximate surface area is 127 Å². The maximum Gasteiger partial charge on any atom is 0.220 e. The van der Waals surface area contributed by atoms with Gasteiger partial charge in [0.1, 0.15) is 0 Å². The van der Waals surface area contributed by atoms with Crippen LogP contribution >= 0.6 is 15.9 Å². The minimum Gasteiger partial charge on any atom is -0.350 e. The molecule has 0 saturated heterocycles. The summed E-state index contributed by atoms with van der Waals surface area (Å²) < 4.78 is 1.04. The standard InChI is InChI=1S/C16H17BrN2O/c1-12(14-5-7-15(17)8-6-14)19-16(20)9-4-13-3-2-10-18-11-13/h2-3,5-8,10-12H,4,9H2,1H3,(H,19,20). The van der Waals surface area contributed by atoms with Crippen molar-refractivity contribution in [3.8, 4) is 0 Å². The summed E-state index contributed by atoms with van der Waals surface area (Å²) in [5.74, 6) is 0.0595. The summed E-state index contributed by atoms with van der Waals surface area (Å²) in [6.45, 7) is 1.99. The molecule has 2 rings (SSSR count). The average molecular weight is 333 g/mol. The summed E-state index contributed by atoms with van der Waals surface area (Å²) in [6, 6.07) is 11.9. The molecule has 2 aromatic rings. The monoisotopic (exact) mass is 332 g/mol. The van der Waals surface area contributed by atoms with E-state index in [0.29, 0.717) is 12.8 Å². The van der Waals surface area contributed by atoms with Gasteiger partial charge in [-0.15, -0.1) is 0 Å². The van der Waals surface area contributed by atoms with Crippen LogP contribution in [-0.4, -0.2) is 10.9 Å². The van der Waals surface area contributed by atoms with E-state index in [0.717, 1.165) is 15.6 Å². The fraction of sp³-hybridized carbons (Fsp3) is 0.250. The molecule has 1 aromatic heterocycles. The van der Waals surface area contributed by atoms with E-state index in [-0.39, 0.29) is 11.9 Å². The van der Waals surface area contributed by atoms with E-state index in [4.69, 9.17) is 0 Å². The molecule has 1 heterocycles. The Morgan fingerprint density at radius 2 is 2.05 bits per heavy atom. The van der Waals surface area contributed by atoms with Crippen LogP contribution in [0.5, 0.6) is 0 Å². The van der Waals surface area contributed by atoms with Gasteiger partial charge in [-0.2, -0.15) is 0 Å². The highest BCUT2D eigenvalue weighted by atomic mass is 79.9. The maximum atomic E-state index is 11.9. The van der Waals surface area contributed by atoms with Crippen LogP contribution in [0.2, 0.25) is 0 Å². The lowest BCUT2D eigenvalue weighted by atomic mass is 10.1. The second-order valence-corrected chi connectivity index (χ2v) is 5.62. The smallest absolute Gasteiger partial charge is 0.220 e. The third-order valence-corrected chi connectivity index (χ3v) is 3.64. The molecule has 20 heavy (non-hydrogen) atoms. The lowest BCUT2D eigenvalue weighted by molar-refractivity contribution is -0.121. The summed E-state index contributed by atoms with van der Waals surface area (Å²) in [4.78, 5) is 16.0. The van der Waals surface area contributed by atoms with Crippen LogP contribution in [0, 0.1) is 0 Å². The molecule has 0 fully saturated rings. The number of amides is 1. The van der Waals surface area contributed by atoms with Crippen LogP contribution in [0.25, 0.3) is 0 Å². The Kier molecular flexibility index (Phi) is 5.30. The largest absolute Gasteiger partial charge is 0.350 e. The van der Waals surface area contributed by atoms with Crippen molar-refractivity contribution in [2.45, 2.75) is 25.8 Å². The molecule has 0 radical (unpaired) electrons. The molecule has 3 nitrogen and oxygen atoms in total. The van der Waals surface area contributed by atoms with Crippen LogP contribution < -0.4 is 5.32 Å². The first-order chi connectivity index (χ1) is 9.65. The molecule has 104 valence electrons. The molecule has 0 saturated carbocycles. The normalized spacial score (nSPS) is 11.9. The summed E-state index contributed by atoms with van der Waals surface area (Å²) in [5.41, 5.74) is 2.18. The molecule has 0 aliphatic carbocycles. The lowest BCUT2D eigenvalue weighted by Crippen LogP contribution is -2.26.